The van der Waals surface area contributed by atoms with Gasteiger partial charge in [0.1, 0.15) is 5.76 Å². The Balaban J connectivity index is 1.82. The van der Waals surface area contributed by atoms with Crippen LogP contribution in [0.5, 0.6) is 0 Å². The Bertz CT molecular complexity index is 624. The molecule has 1 heterocycles. The van der Waals surface area contributed by atoms with Crippen molar-refractivity contribution in [2.45, 2.75) is 13.0 Å². The average Bonchev–Trinajstić information content (AvgIpc) is 2.90. The molecule has 0 bridgehead atoms. The number of hydrogen-bond donors (Lipinski definition) is 3. The zero-order valence-corrected chi connectivity index (χ0v) is 11.4. The van der Waals surface area contributed by atoms with Gasteiger partial charge < -0.3 is 14.9 Å². The highest BCUT2D eigenvalue weighted by atomic mass is 16.5. The Morgan fingerprint density at radius 2 is 2.00 bits per heavy atom. The zero-order chi connectivity index (χ0) is 15.2. The van der Waals surface area contributed by atoms with Crippen molar-refractivity contribution in [1.82, 2.24) is 10.5 Å². The Morgan fingerprint density at radius 3 is 2.62 bits per heavy atom. The molecule has 7 heteroatoms. The highest BCUT2D eigenvalue weighted by Gasteiger charge is 2.17. The van der Waals surface area contributed by atoms with Gasteiger partial charge in [-0.2, -0.15) is 0 Å². The minimum atomic E-state index is -0.878. The third-order valence-corrected chi connectivity index (χ3v) is 2.72. The Morgan fingerprint density at radius 1 is 1.29 bits per heavy atom. The van der Waals surface area contributed by atoms with Crippen LogP contribution in [0.15, 0.2) is 40.9 Å². The second kappa shape index (κ2) is 6.67. The predicted molar refractivity (Wildman–Crippen MR) is 74.3 cm³/mol. The lowest BCUT2D eigenvalue weighted by Gasteiger charge is -2.11. The second-order valence-electron chi connectivity index (χ2n) is 4.41. The number of carbonyl (C=O) groups excluding carboxylic acids is 2. The third-order valence-electron chi connectivity index (χ3n) is 2.72. The van der Waals surface area contributed by atoms with Crippen LogP contribution >= 0.6 is 0 Å². The van der Waals surface area contributed by atoms with E-state index in [0.717, 1.165) is 0 Å². The van der Waals surface area contributed by atoms with E-state index < -0.39 is 17.9 Å². The van der Waals surface area contributed by atoms with E-state index in [1.54, 1.807) is 31.2 Å². The lowest BCUT2D eigenvalue weighted by molar-refractivity contribution is -0.136. The first-order valence-corrected chi connectivity index (χ1v) is 6.32. The molecule has 2 rings (SSSR count). The molecule has 0 spiro atoms. The summed E-state index contributed by atoms with van der Waals surface area (Å²) >= 11 is 0. The fraction of sp³-hybridized carbons (Fsp3) is 0.214. The number of hydrogen-bond acceptors (Lipinski definition) is 5. The molecule has 21 heavy (non-hydrogen) atoms. The van der Waals surface area contributed by atoms with E-state index in [-0.39, 0.29) is 12.4 Å². The van der Waals surface area contributed by atoms with E-state index in [1.807, 2.05) is 6.07 Å². The quantitative estimate of drug-likeness (QED) is 0.721. The Labute approximate surface area is 120 Å². The van der Waals surface area contributed by atoms with E-state index >= 15 is 0 Å². The van der Waals surface area contributed by atoms with Crippen LogP contribution in [0.2, 0.25) is 0 Å². The van der Waals surface area contributed by atoms with Crippen molar-refractivity contribution in [3.8, 4) is 0 Å². The molecule has 0 aliphatic rings. The first-order valence-electron chi connectivity index (χ1n) is 6.32. The molecule has 0 radical (unpaired) electrons. The molecule has 2 amide bonds. The molecule has 0 aliphatic carbocycles. The highest BCUT2D eigenvalue weighted by Crippen LogP contribution is 2.10. The van der Waals surface area contributed by atoms with Gasteiger partial charge in [0.2, 0.25) is 0 Å². The van der Waals surface area contributed by atoms with E-state index in [0.29, 0.717) is 11.3 Å². The molecule has 0 saturated carbocycles. The molecule has 1 aromatic heterocycles. The minimum Gasteiger partial charge on any atom is -0.387 e. The van der Waals surface area contributed by atoms with Gasteiger partial charge >= 0.3 is 11.8 Å². The summed E-state index contributed by atoms with van der Waals surface area (Å²) in [4.78, 5) is 23.2. The summed E-state index contributed by atoms with van der Waals surface area (Å²) in [5, 5.41) is 18.1. The molecule has 3 N–H and O–H groups in total. The maximum absolute atomic E-state index is 11.6. The summed E-state index contributed by atoms with van der Waals surface area (Å²) in [6.45, 7) is 1.60. The molecule has 7 nitrogen and oxygen atoms in total. The zero-order valence-electron chi connectivity index (χ0n) is 11.4. The second-order valence-corrected chi connectivity index (χ2v) is 4.41. The van der Waals surface area contributed by atoms with Crippen LogP contribution in [-0.4, -0.2) is 28.6 Å². The van der Waals surface area contributed by atoms with E-state index in [1.165, 1.54) is 6.07 Å². The first kappa shape index (κ1) is 14.7. The van der Waals surface area contributed by atoms with Crippen LogP contribution in [0.3, 0.4) is 0 Å². The maximum atomic E-state index is 11.6. The topological polar surface area (TPSA) is 104 Å². The van der Waals surface area contributed by atoms with Crippen molar-refractivity contribution in [2.75, 3.05) is 11.9 Å². The van der Waals surface area contributed by atoms with Gasteiger partial charge in [-0.15, -0.1) is 0 Å². The fourth-order valence-electron chi connectivity index (χ4n) is 1.66. The van der Waals surface area contributed by atoms with E-state index in [9.17, 15) is 14.7 Å². The number of carbonyl (C=O) groups is 2. The molecule has 0 unspecified atom stereocenters. The minimum absolute atomic E-state index is 0.0614. The SMILES string of the molecule is Cc1cc(NC(=O)C(=O)NC[C@H](O)c2ccccc2)no1. The van der Waals surface area contributed by atoms with Crippen molar-refractivity contribution in [1.29, 1.82) is 0 Å². The third kappa shape index (κ3) is 4.15. The van der Waals surface area contributed by atoms with Crippen molar-refractivity contribution in [3.63, 3.8) is 0 Å². The number of benzene rings is 1. The molecule has 0 saturated heterocycles. The van der Waals surface area contributed by atoms with Crippen molar-refractivity contribution < 1.29 is 19.2 Å². The standard InChI is InChI=1S/C14H15N3O4/c1-9-7-12(17-21-9)16-14(20)13(19)15-8-11(18)10-5-3-2-4-6-10/h2-7,11,18H,8H2,1H3,(H,15,19)(H,16,17,20)/t11-/m0/s1. The van der Waals surface area contributed by atoms with Gasteiger partial charge in [-0.05, 0) is 12.5 Å². The van der Waals surface area contributed by atoms with E-state index in [4.69, 9.17) is 4.52 Å². The number of anilines is 1. The van der Waals surface area contributed by atoms with Crippen LogP contribution in [0.4, 0.5) is 5.82 Å². The van der Waals surface area contributed by atoms with Gasteiger partial charge in [0, 0.05) is 12.6 Å². The van der Waals surface area contributed by atoms with Gasteiger partial charge in [-0.25, -0.2) is 0 Å². The lowest BCUT2D eigenvalue weighted by atomic mass is 10.1. The number of aromatic nitrogens is 1. The average molecular weight is 289 g/mol. The van der Waals surface area contributed by atoms with Crippen molar-refractivity contribution >= 4 is 17.6 Å². The van der Waals surface area contributed by atoms with Gasteiger partial charge in [0.15, 0.2) is 5.82 Å². The van der Waals surface area contributed by atoms with Crippen LogP contribution in [0.1, 0.15) is 17.4 Å². The van der Waals surface area contributed by atoms with Crippen LogP contribution < -0.4 is 10.6 Å². The van der Waals surface area contributed by atoms with Crippen molar-refractivity contribution in [3.05, 3.63) is 47.7 Å². The fourth-order valence-corrected chi connectivity index (χ4v) is 1.66. The van der Waals surface area contributed by atoms with Gasteiger partial charge in [-0.3, -0.25) is 14.9 Å². The molecule has 1 atom stereocenters. The van der Waals surface area contributed by atoms with Crippen LogP contribution in [0, 0.1) is 6.92 Å². The molecule has 0 fully saturated rings. The number of amides is 2. The summed E-state index contributed by atoms with van der Waals surface area (Å²) in [5.74, 6) is -1.05. The lowest BCUT2D eigenvalue weighted by Crippen LogP contribution is -2.37. The molecule has 2 aromatic rings. The van der Waals surface area contributed by atoms with E-state index in [2.05, 4.69) is 15.8 Å². The Kier molecular flexibility index (Phi) is 4.68. The number of aliphatic hydroxyl groups excluding tert-OH is 1. The molecular weight excluding hydrogens is 274 g/mol. The molecule has 0 aliphatic heterocycles. The number of aryl methyl sites for hydroxylation is 1. The molecule has 110 valence electrons. The van der Waals surface area contributed by atoms with Crippen LogP contribution in [-0.2, 0) is 9.59 Å². The largest absolute Gasteiger partial charge is 0.387 e. The first-order chi connectivity index (χ1) is 10.1. The summed E-state index contributed by atoms with van der Waals surface area (Å²) in [6.07, 6.45) is -0.878. The number of nitrogens with one attached hydrogen (secondary N) is 2. The summed E-state index contributed by atoms with van der Waals surface area (Å²) in [6, 6.07) is 10.3. The van der Waals surface area contributed by atoms with Gasteiger partial charge in [-0.1, -0.05) is 35.5 Å². The highest BCUT2D eigenvalue weighted by molar-refractivity contribution is 6.39. The Hall–Kier alpha value is -2.67. The summed E-state index contributed by atoms with van der Waals surface area (Å²) < 4.78 is 4.76. The van der Waals surface area contributed by atoms with Gasteiger partial charge in [0.05, 0.1) is 6.10 Å². The van der Waals surface area contributed by atoms with Crippen LogP contribution in [0.25, 0.3) is 0 Å². The van der Waals surface area contributed by atoms with Gasteiger partial charge in [0.25, 0.3) is 0 Å². The van der Waals surface area contributed by atoms with Crippen molar-refractivity contribution in [2.24, 2.45) is 0 Å². The predicted octanol–water partition coefficient (Wildman–Crippen LogP) is 0.771. The number of rotatable bonds is 4. The molecule has 1 aromatic carbocycles. The number of nitrogens with zero attached hydrogens (tertiary/aromatic N) is 1. The molecular formula is C14H15N3O4. The number of aliphatic hydroxyl groups is 1. The monoisotopic (exact) mass is 289 g/mol. The normalized spacial score (nSPS) is 11.7. The smallest absolute Gasteiger partial charge is 0.314 e. The summed E-state index contributed by atoms with van der Waals surface area (Å²) in [5.41, 5.74) is 0.658. The summed E-state index contributed by atoms with van der Waals surface area (Å²) in [7, 11) is 0. The maximum Gasteiger partial charge on any atom is 0.314 e.